The van der Waals surface area contributed by atoms with Crippen molar-refractivity contribution in [1.82, 2.24) is 5.32 Å². The summed E-state index contributed by atoms with van der Waals surface area (Å²) in [6.07, 6.45) is 2.22. The minimum absolute atomic E-state index is 0.179. The highest BCUT2D eigenvalue weighted by Crippen LogP contribution is 2.28. The Bertz CT molecular complexity index is 863. The van der Waals surface area contributed by atoms with E-state index in [1.54, 1.807) is 44.6 Å². The maximum Gasteiger partial charge on any atom is 0.255 e. The average molecular weight is 397 g/mol. The minimum atomic E-state index is -0.261. The first-order chi connectivity index (χ1) is 14.1. The van der Waals surface area contributed by atoms with Gasteiger partial charge in [-0.05, 0) is 49.2 Å². The van der Waals surface area contributed by atoms with Crippen LogP contribution < -0.4 is 20.3 Å². The summed E-state index contributed by atoms with van der Waals surface area (Å²) in [6.45, 7) is 2.72. The molecule has 3 rings (SSSR count). The van der Waals surface area contributed by atoms with Gasteiger partial charge in [0.15, 0.2) is 0 Å². The van der Waals surface area contributed by atoms with Crippen LogP contribution in [0, 0.1) is 0 Å². The molecule has 0 aromatic heterocycles. The molecule has 29 heavy (non-hydrogen) atoms. The molecule has 2 aromatic rings. The highest BCUT2D eigenvalue weighted by Gasteiger charge is 2.20. The molecule has 7 heteroatoms. The third-order valence-electron chi connectivity index (χ3n) is 4.87. The number of rotatable bonds is 8. The van der Waals surface area contributed by atoms with Gasteiger partial charge in [-0.1, -0.05) is 6.07 Å². The van der Waals surface area contributed by atoms with Crippen molar-refractivity contribution in [2.45, 2.75) is 12.8 Å². The van der Waals surface area contributed by atoms with Crippen molar-refractivity contribution in [3.8, 4) is 5.75 Å². The van der Waals surface area contributed by atoms with Crippen molar-refractivity contribution >= 4 is 23.2 Å². The first-order valence-corrected chi connectivity index (χ1v) is 9.74. The lowest BCUT2D eigenvalue weighted by molar-refractivity contribution is 0.0936. The van der Waals surface area contributed by atoms with Crippen LogP contribution in [0.3, 0.4) is 0 Å². The Morgan fingerprint density at radius 2 is 1.83 bits per heavy atom. The molecule has 154 valence electrons. The first kappa shape index (κ1) is 20.7. The SMILES string of the molecule is COCCNC(=O)c1cc(NC(=O)c2cccc(OC)c2)ccc1N1CCCC1. The molecule has 2 aromatic carbocycles. The smallest absolute Gasteiger partial charge is 0.255 e. The van der Waals surface area contributed by atoms with Gasteiger partial charge in [-0.3, -0.25) is 9.59 Å². The van der Waals surface area contributed by atoms with Gasteiger partial charge in [0.2, 0.25) is 0 Å². The van der Waals surface area contributed by atoms with E-state index in [4.69, 9.17) is 9.47 Å². The lowest BCUT2D eigenvalue weighted by Gasteiger charge is -2.22. The zero-order chi connectivity index (χ0) is 20.6. The first-order valence-electron chi connectivity index (χ1n) is 9.74. The molecule has 1 aliphatic rings. The molecule has 2 N–H and O–H groups in total. The number of carbonyl (C=O) groups is 2. The van der Waals surface area contributed by atoms with Gasteiger partial charge in [-0.15, -0.1) is 0 Å². The zero-order valence-electron chi connectivity index (χ0n) is 16.9. The van der Waals surface area contributed by atoms with Crippen LogP contribution in [0.4, 0.5) is 11.4 Å². The Morgan fingerprint density at radius 3 is 2.55 bits per heavy atom. The minimum Gasteiger partial charge on any atom is -0.497 e. The molecule has 1 saturated heterocycles. The van der Waals surface area contributed by atoms with E-state index in [9.17, 15) is 9.59 Å². The van der Waals surface area contributed by atoms with Crippen LogP contribution in [0.5, 0.6) is 5.75 Å². The van der Waals surface area contributed by atoms with Gasteiger partial charge < -0.3 is 25.0 Å². The van der Waals surface area contributed by atoms with E-state index in [1.807, 2.05) is 12.1 Å². The summed E-state index contributed by atoms with van der Waals surface area (Å²) in [5.41, 5.74) is 2.49. The van der Waals surface area contributed by atoms with Crippen LogP contribution in [-0.2, 0) is 4.74 Å². The number of methoxy groups -OCH3 is 2. The number of hydrogen-bond acceptors (Lipinski definition) is 5. The van der Waals surface area contributed by atoms with E-state index in [0.29, 0.717) is 35.7 Å². The number of nitrogens with zero attached hydrogens (tertiary/aromatic N) is 1. The van der Waals surface area contributed by atoms with E-state index in [0.717, 1.165) is 31.6 Å². The van der Waals surface area contributed by atoms with E-state index < -0.39 is 0 Å². The van der Waals surface area contributed by atoms with Gasteiger partial charge in [0, 0.05) is 43.7 Å². The monoisotopic (exact) mass is 397 g/mol. The molecule has 0 bridgehead atoms. The molecule has 1 aliphatic heterocycles. The van der Waals surface area contributed by atoms with E-state index >= 15 is 0 Å². The van der Waals surface area contributed by atoms with Crippen molar-refractivity contribution in [1.29, 1.82) is 0 Å². The topological polar surface area (TPSA) is 79.9 Å². The lowest BCUT2D eigenvalue weighted by atomic mass is 10.1. The quantitative estimate of drug-likeness (QED) is 0.670. The summed E-state index contributed by atoms with van der Waals surface area (Å²) in [5, 5.41) is 5.74. The van der Waals surface area contributed by atoms with Crippen LogP contribution in [0.2, 0.25) is 0 Å². The number of amides is 2. The summed E-state index contributed by atoms with van der Waals surface area (Å²) in [6, 6.07) is 12.4. The normalized spacial score (nSPS) is 13.2. The van der Waals surface area contributed by atoms with Gasteiger partial charge >= 0.3 is 0 Å². The average Bonchev–Trinajstić information content (AvgIpc) is 3.28. The van der Waals surface area contributed by atoms with E-state index in [2.05, 4.69) is 15.5 Å². The molecule has 0 spiro atoms. The molecule has 1 fully saturated rings. The van der Waals surface area contributed by atoms with Crippen LogP contribution in [-0.4, -0.2) is 52.3 Å². The molecule has 0 saturated carbocycles. The van der Waals surface area contributed by atoms with Crippen molar-refractivity contribution in [3.05, 3.63) is 53.6 Å². The molecule has 0 atom stereocenters. The van der Waals surface area contributed by atoms with Gasteiger partial charge in [0.1, 0.15) is 5.75 Å². The molecule has 7 nitrogen and oxygen atoms in total. The van der Waals surface area contributed by atoms with Crippen molar-refractivity contribution in [2.24, 2.45) is 0 Å². The van der Waals surface area contributed by atoms with Gasteiger partial charge in [0.25, 0.3) is 11.8 Å². The van der Waals surface area contributed by atoms with Gasteiger partial charge in [-0.25, -0.2) is 0 Å². The summed E-state index contributed by atoms with van der Waals surface area (Å²) >= 11 is 0. The third-order valence-corrected chi connectivity index (χ3v) is 4.87. The molecule has 0 radical (unpaired) electrons. The second-order valence-corrected chi connectivity index (χ2v) is 6.86. The van der Waals surface area contributed by atoms with Crippen LogP contribution in [0.25, 0.3) is 0 Å². The Kier molecular flexibility index (Phi) is 7.08. The van der Waals surface area contributed by atoms with Crippen LogP contribution in [0.15, 0.2) is 42.5 Å². The van der Waals surface area contributed by atoms with Gasteiger partial charge in [0.05, 0.1) is 19.3 Å². The predicted molar refractivity (Wildman–Crippen MR) is 113 cm³/mol. The molecule has 0 unspecified atom stereocenters. The highest BCUT2D eigenvalue weighted by atomic mass is 16.5. The van der Waals surface area contributed by atoms with E-state index in [1.165, 1.54) is 0 Å². The number of carbonyl (C=O) groups excluding carboxylic acids is 2. The summed E-state index contributed by atoms with van der Waals surface area (Å²) < 4.78 is 10.2. The van der Waals surface area contributed by atoms with Crippen molar-refractivity contribution in [2.75, 3.05) is 50.7 Å². The second-order valence-electron chi connectivity index (χ2n) is 6.86. The summed E-state index contributed by atoms with van der Waals surface area (Å²) in [5.74, 6) is 0.172. The number of ether oxygens (including phenoxy) is 2. The Balaban J connectivity index is 1.82. The maximum absolute atomic E-state index is 12.8. The number of hydrogen-bond donors (Lipinski definition) is 2. The standard InChI is InChI=1S/C22H27N3O4/c1-28-13-10-23-22(27)19-15-17(8-9-20(19)25-11-3-4-12-25)24-21(26)16-6-5-7-18(14-16)29-2/h5-9,14-15H,3-4,10-13H2,1-2H3,(H,23,27)(H,24,26). The Labute approximate surface area is 171 Å². The molecular formula is C22H27N3O4. The zero-order valence-corrected chi connectivity index (χ0v) is 16.9. The number of anilines is 2. The highest BCUT2D eigenvalue weighted by molar-refractivity contribution is 6.06. The predicted octanol–water partition coefficient (Wildman–Crippen LogP) is 2.92. The third kappa shape index (κ3) is 5.26. The van der Waals surface area contributed by atoms with Crippen LogP contribution >= 0.6 is 0 Å². The van der Waals surface area contributed by atoms with Crippen LogP contribution in [0.1, 0.15) is 33.6 Å². The Morgan fingerprint density at radius 1 is 1.03 bits per heavy atom. The van der Waals surface area contributed by atoms with E-state index in [-0.39, 0.29) is 11.8 Å². The molecule has 0 aliphatic carbocycles. The molecule has 2 amide bonds. The fourth-order valence-corrected chi connectivity index (χ4v) is 3.36. The summed E-state index contributed by atoms with van der Waals surface area (Å²) in [4.78, 5) is 27.6. The Hall–Kier alpha value is -3.06. The maximum atomic E-state index is 12.8. The summed E-state index contributed by atoms with van der Waals surface area (Å²) in [7, 11) is 3.15. The lowest BCUT2D eigenvalue weighted by Crippen LogP contribution is -2.30. The fraction of sp³-hybridized carbons (Fsp3) is 0.364. The molecular weight excluding hydrogens is 370 g/mol. The number of nitrogens with one attached hydrogen (secondary N) is 2. The largest absolute Gasteiger partial charge is 0.497 e. The fourth-order valence-electron chi connectivity index (χ4n) is 3.36. The van der Waals surface area contributed by atoms with Gasteiger partial charge in [-0.2, -0.15) is 0 Å². The second kappa shape index (κ2) is 9.93. The molecule has 1 heterocycles. The van der Waals surface area contributed by atoms with Crippen molar-refractivity contribution in [3.63, 3.8) is 0 Å². The number of benzene rings is 2. The van der Waals surface area contributed by atoms with Crippen molar-refractivity contribution < 1.29 is 19.1 Å².